The minimum atomic E-state index is -0.467. The molecule has 0 aliphatic carbocycles. The lowest BCUT2D eigenvalue weighted by Gasteiger charge is -2.10. The van der Waals surface area contributed by atoms with Crippen LogP contribution in [0.5, 0.6) is 0 Å². The zero-order chi connectivity index (χ0) is 18.1. The zero-order valence-electron chi connectivity index (χ0n) is 13.8. The Morgan fingerprint density at radius 2 is 2.08 bits per heavy atom. The van der Waals surface area contributed by atoms with E-state index in [1.54, 1.807) is 24.3 Å². The Labute approximate surface area is 149 Å². The molecule has 0 spiro atoms. The summed E-state index contributed by atoms with van der Waals surface area (Å²) in [5, 5.41) is 3.04. The first-order valence-corrected chi connectivity index (χ1v) is 8.83. The fourth-order valence-corrected chi connectivity index (χ4v) is 2.55. The molecule has 132 valence electrons. The highest BCUT2D eigenvalue weighted by atomic mass is 32.2. The van der Waals surface area contributed by atoms with Gasteiger partial charge in [-0.2, -0.15) is 0 Å². The van der Waals surface area contributed by atoms with Crippen molar-refractivity contribution in [1.82, 2.24) is 9.97 Å². The predicted octanol–water partition coefficient (Wildman–Crippen LogP) is 2.46. The summed E-state index contributed by atoms with van der Waals surface area (Å²) in [5.41, 5.74) is 0.422. The smallest absolute Gasteiger partial charge is 0.340 e. The zero-order valence-corrected chi connectivity index (χ0v) is 14.6. The lowest BCUT2D eigenvalue weighted by Crippen LogP contribution is -2.18. The monoisotopic (exact) mass is 361 g/mol. The van der Waals surface area contributed by atoms with E-state index in [1.165, 1.54) is 12.3 Å². The van der Waals surface area contributed by atoms with Crippen LogP contribution >= 0.6 is 11.8 Å². The van der Waals surface area contributed by atoms with E-state index in [-0.39, 0.29) is 17.2 Å². The van der Waals surface area contributed by atoms with Gasteiger partial charge in [0, 0.05) is 12.3 Å². The van der Waals surface area contributed by atoms with Crippen LogP contribution in [0.4, 0.5) is 5.69 Å². The first-order chi connectivity index (χ1) is 12.1. The van der Waals surface area contributed by atoms with Gasteiger partial charge in [-0.3, -0.25) is 9.59 Å². The van der Waals surface area contributed by atoms with E-state index in [1.807, 2.05) is 6.92 Å². The van der Waals surface area contributed by atoms with Gasteiger partial charge in [0.2, 0.25) is 5.91 Å². The molecule has 1 aromatic heterocycles. The van der Waals surface area contributed by atoms with Gasteiger partial charge in [0.15, 0.2) is 5.16 Å². The Balaban J connectivity index is 1.96. The summed E-state index contributed by atoms with van der Waals surface area (Å²) < 4.78 is 5.19. The number of anilines is 1. The Hall–Kier alpha value is -2.61. The molecular formula is C17H19N3O4S. The molecule has 0 aliphatic rings. The molecule has 2 aromatic rings. The van der Waals surface area contributed by atoms with Crippen molar-refractivity contribution in [3.05, 3.63) is 52.4 Å². The summed E-state index contributed by atoms with van der Waals surface area (Å²) in [6.07, 6.45) is 3.10. The average Bonchev–Trinajstić information content (AvgIpc) is 2.61. The molecule has 0 atom stereocenters. The molecule has 1 aromatic carbocycles. The number of thioether (sulfide) groups is 1. The van der Waals surface area contributed by atoms with Crippen molar-refractivity contribution in [3.8, 4) is 0 Å². The van der Waals surface area contributed by atoms with E-state index in [4.69, 9.17) is 4.74 Å². The number of nitrogens with zero attached hydrogens (tertiary/aromatic N) is 1. The Morgan fingerprint density at radius 3 is 2.84 bits per heavy atom. The number of esters is 1. The van der Waals surface area contributed by atoms with Crippen LogP contribution in [-0.4, -0.2) is 34.2 Å². The van der Waals surface area contributed by atoms with Crippen LogP contribution < -0.4 is 10.9 Å². The number of aromatic nitrogens is 2. The van der Waals surface area contributed by atoms with Crippen LogP contribution in [0.15, 0.2) is 46.5 Å². The van der Waals surface area contributed by atoms with Gasteiger partial charge in [-0.15, -0.1) is 0 Å². The molecule has 1 amide bonds. The molecule has 0 saturated carbocycles. The number of aromatic amines is 1. The second-order valence-electron chi connectivity index (χ2n) is 5.11. The van der Waals surface area contributed by atoms with E-state index in [0.717, 1.165) is 24.6 Å². The molecule has 0 unspecified atom stereocenters. The molecule has 0 saturated heterocycles. The number of H-pyrrole nitrogens is 1. The number of amides is 1. The maximum atomic E-state index is 12.1. The van der Waals surface area contributed by atoms with E-state index in [9.17, 15) is 14.4 Å². The second-order valence-corrected chi connectivity index (χ2v) is 6.08. The third-order valence-electron chi connectivity index (χ3n) is 3.14. The van der Waals surface area contributed by atoms with Gasteiger partial charge in [-0.25, -0.2) is 9.78 Å². The normalized spacial score (nSPS) is 10.3. The molecule has 2 N–H and O–H groups in total. The SMILES string of the molecule is CCCCOC(=O)c1ccccc1NC(=O)CSc1nccc(=O)[nH]1. The Morgan fingerprint density at radius 1 is 1.28 bits per heavy atom. The van der Waals surface area contributed by atoms with E-state index in [0.29, 0.717) is 23.0 Å². The summed E-state index contributed by atoms with van der Waals surface area (Å²) in [5.74, 6) is -0.733. The summed E-state index contributed by atoms with van der Waals surface area (Å²) in [6.45, 7) is 2.36. The highest BCUT2D eigenvalue weighted by Gasteiger charge is 2.14. The number of unbranched alkanes of at least 4 members (excludes halogenated alkanes) is 1. The third kappa shape index (κ3) is 6.07. The lowest BCUT2D eigenvalue weighted by atomic mass is 10.2. The summed E-state index contributed by atoms with van der Waals surface area (Å²) in [4.78, 5) is 41.9. The number of hydrogen-bond donors (Lipinski definition) is 2. The first kappa shape index (κ1) is 18.7. The predicted molar refractivity (Wildman–Crippen MR) is 95.8 cm³/mol. The standard InChI is InChI=1S/C17H19N3O4S/c1-2-3-10-24-16(23)12-6-4-5-7-13(12)19-15(22)11-25-17-18-9-8-14(21)20-17/h4-9H,2-3,10-11H2,1H3,(H,19,22)(H,18,20,21). The first-order valence-electron chi connectivity index (χ1n) is 7.84. The number of ether oxygens (including phenoxy) is 1. The highest BCUT2D eigenvalue weighted by molar-refractivity contribution is 7.99. The van der Waals surface area contributed by atoms with Crippen molar-refractivity contribution in [3.63, 3.8) is 0 Å². The van der Waals surface area contributed by atoms with E-state index >= 15 is 0 Å². The van der Waals surface area contributed by atoms with Gasteiger partial charge < -0.3 is 15.0 Å². The number of nitrogens with one attached hydrogen (secondary N) is 2. The minimum absolute atomic E-state index is 0.0478. The van der Waals surface area contributed by atoms with Gasteiger partial charge in [0.05, 0.1) is 23.6 Å². The highest BCUT2D eigenvalue weighted by Crippen LogP contribution is 2.18. The molecule has 0 bridgehead atoms. The number of para-hydroxylation sites is 1. The molecule has 0 radical (unpaired) electrons. The second kappa shape index (κ2) is 9.63. The quantitative estimate of drug-likeness (QED) is 0.324. The van der Waals surface area contributed by atoms with E-state index in [2.05, 4.69) is 15.3 Å². The maximum absolute atomic E-state index is 12.1. The van der Waals surface area contributed by atoms with Crippen LogP contribution in [-0.2, 0) is 9.53 Å². The van der Waals surface area contributed by atoms with Crippen molar-refractivity contribution >= 4 is 29.3 Å². The number of rotatable bonds is 8. The molecule has 25 heavy (non-hydrogen) atoms. The molecule has 0 aliphatic heterocycles. The molecule has 1 heterocycles. The van der Waals surface area contributed by atoms with Crippen LogP contribution in [0.25, 0.3) is 0 Å². The molecule has 8 heteroatoms. The van der Waals surface area contributed by atoms with E-state index < -0.39 is 5.97 Å². The van der Waals surface area contributed by atoms with Crippen LogP contribution in [0.3, 0.4) is 0 Å². The average molecular weight is 361 g/mol. The number of hydrogen-bond acceptors (Lipinski definition) is 6. The summed E-state index contributed by atoms with van der Waals surface area (Å²) in [6, 6.07) is 7.97. The summed E-state index contributed by atoms with van der Waals surface area (Å²) >= 11 is 1.10. The minimum Gasteiger partial charge on any atom is -0.462 e. The van der Waals surface area contributed by atoms with Crippen molar-refractivity contribution < 1.29 is 14.3 Å². The lowest BCUT2D eigenvalue weighted by molar-refractivity contribution is -0.113. The topological polar surface area (TPSA) is 101 Å². The van der Waals surface area contributed by atoms with Gasteiger partial charge in [-0.05, 0) is 18.6 Å². The van der Waals surface area contributed by atoms with Crippen molar-refractivity contribution in [2.45, 2.75) is 24.9 Å². The number of carbonyl (C=O) groups excluding carboxylic acids is 2. The number of benzene rings is 1. The van der Waals surface area contributed by atoms with Crippen LogP contribution in [0.1, 0.15) is 30.1 Å². The van der Waals surface area contributed by atoms with Crippen LogP contribution in [0.2, 0.25) is 0 Å². The maximum Gasteiger partial charge on any atom is 0.340 e. The third-order valence-corrected chi connectivity index (χ3v) is 4.03. The van der Waals surface area contributed by atoms with Gasteiger partial charge in [0.1, 0.15) is 0 Å². The molecular weight excluding hydrogens is 342 g/mol. The van der Waals surface area contributed by atoms with Crippen LogP contribution in [0, 0.1) is 0 Å². The van der Waals surface area contributed by atoms with Crippen molar-refractivity contribution in [1.29, 1.82) is 0 Å². The van der Waals surface area contributed by atoms with Gasteiger partial charge in [0.25, 0.3) is 5.56 Å². The molecule has 0 fully saturated rings. The fraction of sp³-hybridized carbons (Fsp3) is 0.294. The van der Waals surface area contributed by atoms with Gasteiger partial charge in [-0.1, -0.05) is 37.2 Å². The van der Waals surface area contributed by atoms with Gasteiger partial charge >= 0.3 is 5.97 Å². The fourth-order valence-electron chi connectivity index (χ4n) is 1.90. The summed E-state index contributed by atoms with van der Waals surface area (Å²) in [7, 11) is 0. The van der Waals surface area contributed by atoms with Crippen molar-refractivity contribution in [2.24, 2.45) is 0 Å². The Kier molecular flexibility index (Phi) is 7.21. The molecule has 7 nitrogen and oxygen atoms in total. The largest absolute Gasteiger partial charge is 0.462 e. The number of carbonyl (C=O) groups is 2. The molecule has 2 rings (SSSR count). The van der Waals surface area contributed by atoms with Crippen molar-refractivity contribution in [2.75, 3.05) is 17.7 Å². The Bertz CT molecular complexity index is 791.